The molecule has 2 nitrogen and oxygen atoms in total. The van der Waals surface area contributed by atoms with Crippen LogP contribution in [0.5, 0.6) is 0 Å². The van der Waals surface area contributed by atoms with Gasteiger partial charge in [0.2, 0.25) is 0 Å². The van der Waals surface area contributed by atoms with Crippen LogP contribution in [0, 0.1) is 94.2 Å². The maximum absolute atomic E-state index is 11.5. The van der Waals surface area contributed by atoms with Crippen molar-refractivity contribution in [3.8, 4) is 0 Å². The SMILES string of the molecule is OC[C@@]12[C@@H]3C4C5[C@H]6C7C4[C@H]1C1CC[C@H](C6[C@@H]4C[C@H](C3[C@@H]54)[C@@H]2O)[C@@H]71. The van der Waals surface area contributed by atoms with Crippen LogP contribution in [0.25, 0.3) is 0 Å². The molecule has 2 heteroatoms. The van der Waals surface area contributed by atoms with Crippen molar-refractivity contribution in [1.82, 2.24) is 0 Å². The van der Waals surface area contributed by atoms with Crippen molar-refractivity contribution in [3.63, 3.8) is 0 Å². The van der Waals surface area contributed by atoms with Crippen molar-refractivity contribution >= 4 is 0 Å². The molecule has 0 saturated heterocycles. The van der Waals surface area contributed by atoms with Gasteiger partial charge in [-0.2, -0.15) is 0 Å². The Kier molecular flexibility index (Phi) is 1.43. The summed E-state index contributed by atoms with van der Waals surface area (Å²) in [5.74, 6) is 14.0. The summed E-state index contributed by atoms with van der Waals surface area (Å²) in [4.78, 5) is 0. The minimum Gasteiger partial charge on any atom is -0.396 e. The third-order valence-electron chi connectivity index (χ3n) is 12.5. The fraction of sp³-hybridized carbons (Fsp3) is 1.00. The summed E-state index contributed by atoms with van der Waals surface area (Å²) < 4.78 is 0. The molecule has 0 aliphatic heterocycles. The molecular weight excluding hydrogens is 284 g/mol. The van der Waals surface area contributed by atoms with Crippen molar-refractivity contribution < 1.29 is 10.2 Å². The van der Waals surface area contributed by atoms with Crippen molar-refractivity contribution in [2.75, 3.05) is 6.61 Å². The van der Waals surface area contributed by atoms with Gasteiger partial charge in [-0.25, -0.2) is 0 Å². The Morgan fingerprint density at radius 2 is 1.35 bits per heavy atom. The Labute approximate surface area is 137 Å². The highest BCUT2D eigenvalue weighted by molar-refractivity contribution is 5.38. The Morgan fingerprint density at radius 1 is 0.652 bits per heavy atom. The fourth-order valence-electron chi connectivity index (χ4n) is 13.5. The van der Waals surface area contributed by atoms with Crippen LogP contribution < -0.4 is 0 Å². The molecule has 0 amide bonds. The Hall–Kier alpha value is -0.0800. The maximum Gasteiger partial charge on any atom is 0.0655 e. The molecule has 0 heterocycles. The molecule has 0 spiro atoms. The van der Waals surface area contributed by atoms with E-state index >= 15 is 0 Å². The van der Waals surface area contributed by atoms with Crippen LogP contribution in [0.4, 0.5) is 0 Å². The average molecular weight is 310 g/mol. The van der Waals surface area contributed by atoms with Gasteiger partial charge in [0, 0.05) is 5.41 Å². The zero-order valence-electron chi connectivity index (χ0n) is 13.5. The average Bonchev–Trinajstić information content (AvgIpc) is 3.26. The molecule has 122 valence electrons. The zero-order valence-corrected chi connectivity index (χ0v) is 13.5. The van der Waals surface area contributed by atoms with Crippen LogP contribution >= 0.6 is 0 Å². The first-order chi connectivity index (χ1) is 11.3. The number of aliphatic hydroxyl groups excluding tert-OH is 2. The van der Waals surface area contributed by atoms with E-state index in [1.807, 2.05) is 0 Å². The second kappa shape index (κ2) is 2.86. The molecule has 9 saturated carbocycles. The summed E-state index contributed by atoms with van der Waals surface area (Å²) in [6.07, 6.45) is 4.15. The second-order valence-electron chi connectivity index (χ2n) is 11.4. The molecule has 9 aliphatic carbocycles. The van der Waals surface area contributed by atoms with Crippen LogP contribution in [0.1, 0.15) is 19.3 Å². The zero-order chi connectivity index (χ0) is 14.6. The first-order valence-corrected chi connectivity index (χ1v) is 10.6. The molecule has 0 aromatic rings. The summed E-state index contributed by atoms with van der Waals surface area (Å²) in [5, 5.41) is 22.2. The third kappa shape index (κ3) is 0.720. The minimum atomic E-state index is -0.153. The number of hydrogen-bond donors (Lipinski definition) is 2. The Morgan fingerprint density at radius 3 is 2.22 bits per heavy atom. The molecule has 17 atom stereocenters. The Balaban J connectivity index is 1.45. The van der Waals surface area contributed by atoms with Gasteiger partial charge in [-0.15, -0.1) is 0 Å². The van der Waals surface area contributed by atoms with Crippen LogP contribution in [0.2, 0.25) is 0 Å². The van der Waals surface area contributed by atoms with Gasteiger partial charge >= 0.3 is 0 Å². The van der Waals surface area contributed by atoms with Crippen LogP contribution in [0.3, 0.4) is 0 Å². The van der Waals surface area contributed by atoms with Crippen LogP contribution in [-0.2, 0) is 0 Å². The highest BCUT2D eigenvalue weighted by Crippen LogP contribution is 2.93. The van der Waals surface area contributed by atoms with Crippen LogP contribution in [-0.4, -0.2) is 22.9 Å². The predicted molar refractivity (Wildman–Crippen MR) is 81.7 cm³/mol. The summed E-state index contributed by atoms with van der Waals surface area (Å²) >= 11 is 0. The first-order valence-electron chi connectivity index (χ1n) is 10.6. The van der Waals surface area contributed by atoms with Gasteiger partial charge in [-0.05, 0) is 108 Å². The van der Waals surface area contributed by atoms with Gasteiger partial charge in [-0.1, -0.05) is 0 Å². The standard InChI is InChI=1S/C21H26O2/c22-4-21-18-6-2-1-5-9(6)14-13-10(5)7-3-8(20(21)23)12-11(7)15(13)17(16(14)18)19(12)21/h5-20,22-23H,1-4H2/t5-,6?,7-,8+,9+,10?,11-,12?,13+,14?,15?,16?,17?,18+,19-,20-,21-/m0/s1. The van der Waals surface area contributed by atoms with Gasteiger partial charge in [-0.3, -0.25) is 0 Å². The smallest absolute Gasteiger partial charge is 0.0655 e. The molecule has 0 radical (unpaired) electrons. The van der Waals surface area contributed by atoms with Crippen molar-refractivity contribution in [2.24, 2.45) is 94.2 Å². The van der Waals surface area contributed by atoms with E-state index in [1.54, 1.807) is 0 Å². The first kappa shape index (κ1) is 11.5. The number of aliphatic hydroxyl groups is 2. The number of rotatable bonds is 1. The van der Waals surface area contributed by atoms with E-state index < -0.39 is 0 Å². The molecule has 9 fully saturated rings. The van der Waals surface area contributed by atoms with Crippen molar-refractivity contribution in [3.05, 3.63) is 0 Å². The molecular formula is C21H26O2. The van der Waals surface area contributed by atoms with E-state index in [1.165, 1.54) is 19.3 Å². The quantitative estimate of drug-likeness (QED) is 0.776. The third-order valence-corrected chi connectivity index (χ3v) is 12.5. The molecule has 9 rings (SSSR count). The minimum absolute atomic E-state index is 0.0513. The predicted octanol–water partition coefficient (Wildman–Crippen LogP) is 1.86. The van der Waals surface area contributed by atoms with Gasteiger partial charge < -0.3 is 10.2 Å². The largest absolute Gasteiger partial charge is 0.396 e. The summed E-state index contributed by atoms with van der Waals surface area (Å²) in [5.41, 5.74) is -0.0513. The maximum atomic E-state index is 11.5. The summed E-state index contributed by atoms with van der Waals surface area (Å²) in [6.45, 7) is 0.308. The molecule has 2 N–H and O–H groups in total. The monoisotopic (exact) mass is 310 g/mol. The van der Waals surface area contributed by atoms with E-state index in [0.29, 0.717) is 18.4 Å². The van der Waals surface area contributed by atoms with E-state index in [4.69, 9.17) is 0 Å². The van der Waals surface area contributed by atoms with Gasteiger partial charge in [0.15, 0.2) is 0 Å². The lowest BCUT2D eigenvalue weighted by Crippen LogP contribution is -2.47. The fourth-order valence-corrected chi connectivity index (χ4v) is 13.5. The molecule has 7 unspecified atom stereocenters. The highest BCUT2D eigenvalue weighted by Gasteiger charge is 2.91. The van der Waals surface area contributed by atoms with Gasteiger partial charge in [0.25, 0.3) is 0 Å². The lowest BCUT2D eigenvalue weighted by molar-refractivity contribution is -0.0793. The summed E-state index contributed by atoms with van der Waals surface area (Å²) in [6, 6.07) is 0. The molecule has 9 aliphatic rings. The van der Waals surface area contributed by atoms with Gasteiger partial charge in [0.1, 0.15) is 0 Å². The lowest BCUT2D eigenvalue weighted by atomic mass is 9.64. The second-order valence-corrected chi connectivity index (χ2v) is 11.4. The Bertz CT molecular complexity index is 681. The molecule has 0 aromatic carbocycles. The van der Waals surface area contributed by atoms with Gasteiger partial charge in [0.05, 0.1) is 12.7 Å². The number of fused-ring (bicyclic) bond motifs is 4. The van der Waals surface area contributed by atoms with E-state index in [9.17, 15) is 10.2 Å². The van der Waals surface area contributed by atoms with E-state index in [-0.39, 0.29) is 11.5 Å². The molecule has 23 heavy (non-hydrogen) atoms. The van der Waals surface area contributed by atoms with E-state index in [2.05, 4.69) is 0 Å². The highest BCUT2D eigenvalue weighted by atomic mass is 16.3. The van der Waals surface area contributed by atoms with Crippen LogP contribution in [0.15, 0.2) is 0 Å². The normalized spacial score (nSPS) is 87.4. The van der Waals surface area contributed by atoms with E-state index in [0.717, 1.165) is 76.9 Å². The topological polar surface area (TPSA) is 40.5 Å². The van der Waals surface area contributed by atoms with Crippen molar-refractivity contribution in [1.29, 1.82) is 0 Å². The molecule has 0 bridgehead atoms. The lowest BCUT2D eigenvalue weighted by Gasteiger charge is -2.43. The number of hydrogen-bond acceptors (Lipinski definition) is 2. The summed E-state index contributed by atoms with van der Waals surface area (Å²) in [7, 11) is 0. The molecule has 0 aromatic heterocycles. The van der Waals surface area contributed by atoms with Crippen molar-refractivity contribution in [2.45, 2.75) is 25.4 Å².